The van der Waals surface area contributed by atoms with E-state index in [1.165, 1.54) is 0 Å². The number of carbonyl (C=O) groups excluding carboxylic acids is 1. The van der Waals surface area contributed by atoms with Gasteiger partial charge in [0.15, 0.2) is 0 Å². The zero-order valence-corrected chi connectivity index (χ0v) is 10.8. The topological polar surface area (TPSA) is 66.8 Å². The Morgan fingerprint density at radius 2 is 2.00 bits per heavy atom. The van der Waals surface area contributed by atoms with Crippen LogP contribution in [0.4, 0.5) is 0 Å². The van der Waals surface area contributed by atoms with E-state index in [1.807, 2.05) is 0 Å². The standard InChI is InChI=1S/C13H21NO4/c1-14(8-11-3-2-6-18-11)12(15)9-4-5-10(7-9)13(16)17/h9-11H,2-8H2,1H3,(H,16,17). The Morgan fingerprint density at radius 1 is 1.28 bits per heavy atom. The van der Waals surface area contributed by atoms with Crippen LogP contribution >= 0.6 is 0 Å². The van der Waals surface area contributed by atoms with E-state index < -0.39 is 5.97 Å². The number of amides is 1. The van der Waals surface area contributed by atoms with Gasteiger partial charge in [-0.25, -0.2) is 0 Å². The molecule has 3 atom stereocenters. The lowest BCUT2D eigenvalue weighted by molar-refractivity contribution is -0.141. The van der Waals surface area contributed by atoms with Crippen molar-refractivity contribution in [3.05, 3.63) is 0 Å². The van der Waals surface area contributed by atoms with Gasteiger partial charge in [-0.3, -0.25) is 9.59 Å². The van der Waals surface area contributed by atoms with Crippen LogP contribution in [0.5, 0.6) is 0 Å². The average molecular weight is 255 g/mol. The van der Waals surface area contributed by atoms with E-state index >= 15 is 0 Å². The van der Waals surface area contributed by atoms with Crippen molar-refractivity contribution in [1.82, 2.24) is 4.90 Å². The maximum Gasteiger partial charge on any atom is 0.306 e. The molecule has 3 unspecified atom stereocenters. The van der Waals surface area contributed by atoms with Crippen LogP contribution < -0.4 is 0 Å². The van der Waals surface area contributed by atoms with Crippen molar-refractivity contribution in [2.45, 2.75) is 38.2 Å². The predicted molar refractivity (Wildman–Crippen MR) is 65.1 cm³/mol. The molecule has 1 N–H and O–H groups in total. The Morgan fingerprint density at radius 3 is 2.56 bits per heavy atom. The Labute approximate surface area is 107 Å². The fourth-order valence-corrected chi connectivity index (χ4v) is 2.93. The molecule has 2 rings (SSSR count). The van der Waals surface area contributed by atoms with E-state index in [-0.39, 0.29) is 23.8 Å². The van der Waals surface area contributed by atoms with Gasteiger partial charge in [0.05, 0.1) is 12.0 Å². The van der Waals surface area contributed by atoms with E-state index in [0.717, 1.165) is 19.4 Å². The predicted octanol–water partition coefficient (Wildman–Crippen LogP) is 1.12. The van der Waals surface area contributed by atoms with Crippen LogP contribution in [0.1, 0.15) is 32.1 Å². The smallest absolute Gasteiger partial charge is 0.306 e. The minimum Gasteiger partial charge on any atom is -0.481 e. The highest BCUT2D eigenvalue weighted by atomic mass is 16.5. The Kier molecular flexibility index (Phi) is 4.22. The number of carboxylic acids is 1. The Bertz CT molecular complexity index is 325. The van der Waals surface area contributed by atoms with Crippen molar-refractivity contribution >= 4 is 11.9 Å². The van der Waals surface area contributed by atoms with E-state index in [9.17, 15) is 9.59 Å². The van der Waals surface area contributed by atoms with Crippen LogP contribution in [0, 0.1) is 11.8 Å². The quantitative estimate of drug-likeness (QED) is 0.817. The number of nitrogens with zero attached hydrogens (tertiary/aromatic N) is 1. The first kappa shape index (κ1) is 13.3. The molecule has 1 aliphatic heterocycles. The number of aliphatic carboxylic acids is 1. The number of likely N-dealkylation sites (N-methyl/N-ethyl adjacent to an activating group) is 1. The minimum absolute atomic E-state index is 0.0780. The summed E-state index contributed by atoms with van der Waals surface area (Å²) in [5.74, 6) is -1.14. The van der Waals surface area contributed by atoms with Crippen molar-refractivity contribution in [3.63, 3.8) is 0 Å². The number of hydrogen-bond donors (Lipinski definition) is 1. The summed E-state index contributed by atoms with van der Waals surface area (Å²) in [6.07, 6.45) is 4.06. The maximum absolute atomic E-state index is 12.2. The lowest BCUT2D eigenvalue weighted by Crippen LogP contribution is -2.37. The number of carbonyl (C=O) groups is 2. The first-order valence-electron chi connectivity index (χ1n) is 6.67. The highest BCUT2D eigenvalue weighted by molar-refractivity contribution is 5.80. The van der Waals surface area contributed by atoms with E-state index in [4.69, 9.17) is 9.84 Å². The third kappa shape index (κ3) is 3.02. The largest absolute Gasteiger partial charge is 0.481 e. The molecule has 5 heteroatoms. The van der Waals surface area contributed by atoms with Crippen LogP contribution in [0.2, 0.25) is 0 Å². The summed E-state index contributed by atoms with van der Waals surface area (Å²) in [6, 6.07) is 0. The molecule has 1 heterocycles. The molecule has 0 aromatic carbocycles. The number of ether oxygens (including phenoxy) is 1. The van der Waals surface area contributed by atoms with Gasteiger partial charge in [0, 0.05) is 26.1 Å². The second-order valence-corrected chi connectivity index (χ2v) is 5.40. The fraction of sp³-hybridized carbons (Fsp3) is 0.846. The second kappa shape index (κ2) is 5.69. The fourth-order valence-electron chi connectivity index (χ4n) is 2.93. The van der Waals surface area contributed by atoms with Gasteiger partial charge >= 0.3 is 5.97 Å². The molecular weight excluding hydrogens is 234 g/mol. The molecular formula is C13H21NO4. The van der Waals surface area contributed by atoms with E-state index in [2.05, 4.69) is 0 Å². The number of carboxylic acid groups (broad SMARTS) is 1. The molecule has 1 saturated carbocycles. The van der Waals surface area contributed by atoms with Gasteiger partial charge in [-0.05, 0) is 32.1 Å². The summed E-state index contributed by atoms with van der Waals surface area (Å²) in [5, 5.41) is 8.94. The van der Waals surface area contributed by atoms with Crippen LogP contribution in [-0.4, -0.2) is 48.2 Å². The maximum atomic E-state index is 12.2. The first-order chi connectivity index (χ1) is 8.58. The first-order valence-corrected chi connectivity index (χ1v) is 6.67. The van der Waals surface area contributed by atoms with Crippen molar-refractivity contribution in [2.75, 3.05) is 20.2 Å². The molecule has 0 aromatic heterocycles. The SMILES string of the molecule is CN(CC1CCCO1)C(=O)C1CCC(C(=O)O)C1. The Balaban J connectivity index is 1.81. The zero-order chi connectivity index (χ0) is 13.1. The van der Waals surface area contributed by atoms with Crippen molar-refractivity contribution in [3.8, 4) is 0 Å². The highest BCUT2D eigenvalue weighted by Gasteiger charge is 2.35. The molecule has 1 amide bonds. The van der Waals surface area contributed by atoms with Gasteiger partial charge in [0.25, 0.3) is 0 Å². The highest BCUT2D eigenvalue weighted by Crippen LogP contribution is 2.32. The lowest BCUT2D eigenvalue weighted by Gasteiger charge is -2.23. The molecule has 0 bridgehead atoms. The molecule has 0 radical (unpaired) electrons. The van der Waals surface area contributed by atoms with Crippen molar-refractivity contribution in [1.29, 1.82) is 0 Å². The van der Waals surface area contributed by atoms with Crippen LogP contribution in [-0.2, 0) is 14.3 Å². The summed E-state index contributed by atoms with van der Waals surface area (Å²) in [6.45, 7) is 1.42. The van der Waals surface area contributed by atoms with Crippen LogP contribution in [0.15, 0.2) is 0 Å². The molecule has 2 fully saturated rings. The summed E-state index contributed by atoms with van der Waals surface area (Å²) in [4.78, 5) is 24.8. The third-order valence-electron chi connectivity index (χ3n) is 4.01. The molecule has 18 heavy (non-hydrogen) atoms. The minimum atomic E-state index is -0.771. The normalized spacial score (nSPS) is 31.5. The summed E-state index contributed by atoms with van der Waals surface area (Å²) in [5.41, 5.74) is 0. The number of rotatable bonds is 4. The molecule has 0 aromatic rings. The van der Waals surface area contributed by atoms with Crippen molar-refractivity contribution in [2.24, 2.45) is 11.8 Å². The summed E-state index contributed by atoms with van der Waals surface area (Å²) < 4.78 is 5.51. The molecule has 102 valence electrons. The van der Waals surface area contributed by atoms with E-state index in [0.29, 0.717) is 25.8 Å². The van der Waals surface area contributed by atoms with Gasteiger partial charge in [0.2, 0.25) is 5.91 Å². The monoisotopic (exact) mass is 255 g/mol. The summed E-state index contributed by atoms with van der Waals surface area (Å²) >= 11 is 0. The zero-order valence-electron chi connectivity index (χ0n) is 10.8. The van der Waals surface area contributed by atoms with Gasteiger partial charge in [0.1, 0.15) is 0 Å². The second-order valence-electron chi connectivity index (χ2n) is 5.40. The molecule has 2 aliphatic rings. The van der Waals surface area contributed by atoms with Gasteiger partial charge in [-0.1, -0.05) is 0 Å². The van der Waals surface area contributed by atoms with Gasteiger partial charge in [-0.15, -0.1) is 0 Å². The molecule has 1 saturated heterocycles. The van der Waals surface area contributed by atoms with Gasteiger partial charge < -0.3 is 14.7 Å². The third-order valence-corrected chi connectivity index (χ3v) is 4.01. The lowest BCUT2D eigenvalue weighted by atomic mass is 10.0. The molecule has 5 nitrogen and oxygen atoms in total. The van der Waals surface area contributed by atoms with Crippen LogP contribution in [0.25, 0.3) is 0 Å². The summed E-state index contributed by atoms with van der Waals surface area (Å²) in [7, 11) is 1.79. The number of hydrogen-bond acceptors (Lipinski definition) is 3. The molecule has 0 spiro atoms. The van der Waals surface area contributed by atoms with Crippen LogP contribution in [0.3, 0.4) is 0 Å². The Hall–Kier alpha value is -1.10. The van der Waals surface area contributed by atoms with Crippen molar-refractivity contribution < 1.29 is 19.4 Å². The average Bonchev–Trinajstić information content (AvgIpc) is 2.98. The molecule has 1 aliphatic carbocycles. The van der Waals surface area contributed by atoms with Gasteiger partial charge in [-0.2, -0.15) is 0 Å². The van der Waals surface area contributed by atoms with E-state index in [1.54, 1.807) is 11.9 Å².